The van der Waals surface area contributed by atoms with Gasteiger partial charge in [0.25, 0.3) is 0 Å². The van der Waals surface area contributed by atoms with Gasteiger partial charge in [-0.05, 0) is 36.8 Å². The SMILES string of the molecule is CNc1cccc(N(C)C(C)c2cccc(Cl)c2)n1. The molecule has 1 N–H and O–H groups in total. The first-order chi connectivity index (χ1) is 9.11. The van der Waals surface area contributed by atoms with Crippen LogP contribution in [-0.2, 0) is 0 Å². The lowest BCUT2D eigenvalue weighted by atomic mass is 10.1. The molecule has 100 valence electrons. The number of benzene rings is 1. The summed E-state index contributed by atoms with van der Waals surface area (Å²) in [4.78, 5) is 6.67. The van der Waals surface area contributed by atoms with Crippen LogP contribution in [0.25, 0.3) is 0 Å². The molecule has 1 aromatic carbocycles. The first-order valence-corrected chi connectivity index (χ1v) is 6.62. The Morgan fingerprint density at radius 3 is 2.63 bits per heavy atom. The van der Waals surface area contributed by atoms with Crippen molar-refractivity contribution in [2.45, 2.75) is 13.0 Å². The van der Waals surface area contributed by atoms with Crippen molar-refractivity contribution in [1.29, 1.82) is 0 Å². The van der Waals surface area contributed by atoms with E-state index in [1.807, 2.05) is 50.5 Å². The minimum Gasteiger partial charge on any atom is -0.373 e. The maximum absolute atomic E-state index is 6.04. The molecule has 2 rings (SSSR count). The van der Waals surface area contributed by atoms with Crippen LogP contribution in [0.1, 0.15) is 18.5 Å². The lowest BCUT2D eigenvalue weighted by Gasteiger charge is -2.26. The fourth-order valence-corrected chi connectivity index (χ4v) is 2.15. The van der Waals surface area contributed by atoms with Gasteiger partial charge >= 0.3 is 0 Å². The van der Waals surface area contributed by atoms with Crippen molar-refractivity contribution in [1.82, 2.24) is 4.98 Å². The first kappa shape index (κ1) is 13.7. The topological polar surface area (TPSA) is 28.2 Å². The third-order valence-electron chi connectivity index (χ3n) is 3.26. The van der Waals surface area contributed by atoms with Crippen molar-refractivity contribution in [3.63, 3.8) is 0 Å². The molecule has 0 saturated carbocycles. The summed E-state index contributed by atoms with van der Waals surface area (Å²) in [6.07, 6.45) is 0. The van der Waals surface area contributed by atoms with Crippen molar-refractivity contribution >= 4 is 23.2 Å². The van der Waals surface area contributed by atoms with Crippen LogP contribution >= 0.6 is 11.6 Å². The lowest BCUT2D eigenvalue weighted by Crippen LogP contribution is -2.22. The zero-order valence-electron chi connectivity index (χ0n) is 11.4. The Balaban J connectivity index is 2.25. The third kappa shape index (κ3) is 3.18. The third-order valence-corrected chi connectivity index (χ3v) is 3.50. The van der Waals surface area contributed by atoms with E-state index in [0.717, 1.165) is 16.7 Å². The number of rotatable bonds is 4. The van der Waals surface area contributed by atoms with Gasteiger partial charge in [0.05, 0.1) is 6.04 Å². The van der Waals surface area contributed by atoms with Gasteiger partial charge in [0.15, 0.2) is 0 Å². The number of nitrogens with one attached hydrogen (secondary N) is 1. The molecule has 0 aliphatic heterocycles. The summed E-state index contributed by atoms with van der Waals surface area (Å²) in [7, 11) is 3.90. The maximum Gasteiger partial charge on any atom is 0.131 e. The van der Waals surface area contributed by atoms with Gasteiger partial charge in [-0.1, -0.05) is 29.8 Å². The summed E-state index contributed by atoms with van der Waals surface area (Å²) in [6, 6.07) is 14.1. The van der Waals surface area contributed by atoms with Crippen LogP contribution in [0.4, 0.5) is 11.6 Å². The van der Waals surface area contributed by atoms with E-state index >= 15 is 0 Å². The molecule has 0 saturated heterocycles. The van der Waals surface area contributed by atoms with Gasteiger partial charge in [-0.25, -0.2) is 4.98 Å². The first-order valence-electron chi connectivity index (χ1n) is 6.25. The van der Waals surface area contributed by atoms with E-state index in [1.54, 1.807) is 0 Å². The molecule has 0 fully saturated rings. The Morgan fingerprint density at radius 2 is 1.95 bits per heavy atom. The Kier molecular flexibility index (Phi) is 4.27. The number of pyridine rings is 1. The molecular formula is C15H18ClN3. The molecule has 1 atom stereocenters. The van der Waals surface area contributed by atoms with E-state index in [1.165, 1.54) is 5.56 Å². The van der Waals surface area contributed by atoms with Gasteiger partial charge in [-0.3, -0.25) is 0 Å². The van der Waals surface area contributed by atoms with Gasteiger partial charge in [0, 0.05) is 19.1 Å². The quantitative estimate of drug-likeness (QED) is 0.915. The summed E-state index contributed by atoms with van der Waals surface area (Å²) in [5, 5.41) is 3.81. The number of hydrogen-bond donors (Lipinski definition) is 1. The van der Waals surface area contributed by atoms with Gasteiger partial charge in [0.1, 0.15) is 11.6 Å². The van der Waals surface area contributed by atoms with Crippen LogP contribution in [-0.4, -0.2) is 19.1 Å². The number of hydrogen-bond acceptors (Lipinski definition) is 3. The van der Waals surface area contributed by atoms with Crippen LogP contribution in [0.3, 0.4) is 0 Å². The highest BCUT2D eigenvalue weighted by molar-refractivity contribution is 6.30. The largest absolute Gasteiger partial charge is 0.373 e. The average molecular weight is 276 g/mol. The van der Waals surface area contributed by atoms with Gasteiger partial charge in [-0.2, -0.15) is 0 Å². The molecule has 2 aromatic rings. The second-order valence-corrected chi connectivity index (χ2v) is 4.91. The fraction of sp³-hybridized carbons (Fsp3) is 0.267. The van der Waals surface area contributed by atoms with Gasteiger partial charge < -0.3 is 10.2 Å². The van der Waals surface area contributed by atoms with Crippen molar-refractivity contribution in [2.24, 2.45) is 0 Å². The summed E-state index contributed by atoms with van der Waals surface area (Å²) < 4.78 is 0. The molecule has 1 unspecified atom stereocenters. The number of anilines is 2. The zero-order chi connectivity index (χ0) is 13.8. The summed E-state index contributed by atoms with van der Waals surface area (Å²) in [5.74, 6) is 1.79. The second-order valence-electron chi connectivity index (χ2n) is 4.47. The molecule has 0 radical (unpaired) electrons. The lowest BCUT2D eigenvalue weighted by molar-refractivity contribution is 0.729. The Hall–Kier alpha value is -1.74. The molecule has 0 amide bonds. The molecule has 1 heterocycles. The van der Waals surface area contributed by atoms with Crippen LogP contribution in [0, 0.1) is 0 Å². The highest BCUT2D eigenvalue weighted by Crippen LogP contribution is 2.26. The predicted octanol–water partition coefficient (Wildman–Crippen LogP) is 3.97. The van der Waals surface area contributed by atoms with E-state index in [-0.39, 0.29) is 6.04 Å². The minimum atomic E-state index is 0.207. The van der Waals surface area contributed by atoms with Crippen LogP contribution in [0.5, 0.6) is 0 Å². The van der Waals surface area contributed by atoms with Crippen molar-refractivity contribution in [2.75, 3.05) is 24.3 Å². The van der Waals surface area contributed by atoms with E-state index < -0.39 is 0 Å². The average Bonchev–Trinajstić information content (AvgIpc) is 2.45. The van der Waals surface area contributed by atoms with Crippen molar-refractivity contribution in [3.8, 4) is 0 Å². The van der Waals surface area contributed by atoms with E-state index in [0.29, 0.717) is 0 Å². The molecule has 0 aliphatic rings. The molecule has 1 aromatic heterocycles. The number of halogens is 1. The van der Waals surface area contributed by atoms with Crippen LogP contribution in [0.2, 0.25) is 5.02 Å². The van der Waals surface area contributed by atoms with Crippen LogP contribution in [0.15, 0.2) is 42.5 Å². The molecule has 19 heavy (non-hydrogen) atoms. The Bertz CT molecular complexity index is 557. The molecule has 0 spiro atoms. The number of aromatic nitrogens is 1. The molecular weight excluding hydrogens is 258 g/mol. The summed E-state index contributed by atoms with van der Waals surface area (Å²) in [6.45, 7) is 2.14. The fourth-order valence-electron chi connectivity index (χ4n) is 1.95. The highest BCUT2D eigenvalue weighted by atomic mass is 35.5. The summed E-state index contributed by atoms with van der Waals surface area (Å²) >= 11 is 6.04. The number of nitrogens with zero attached hydrogens (tertiary/aromatic N) is 2. The molecule has 4 heteroatoms. The zero-order valence-corrected chi connectivity index (χ0v) is 12.1. The van der Waals surface area contributed by atoms with E-state index in [4.69, 9.17) is 11.6 Å². The van der Waals surface area contributed by atoms with E-state index in [2.05, 4.69) is 28.2 Å². The Labute approximate surface area is 119 Å². The minimum absolute atomic E-state index is 0.207. The standard InChI is InChI=1S/C15H18ClN3/c1-11(12-6-4-7-13(16)10-12)19(3)15-9-5-8-14(17-2)18-15/h4-11H,1-3H3,(H,17,18). The highest BCUT2D eigenvalue weighted by Gasteiger charge is 2.13. The molecule has 0 aliphatic carbocycles. The maximum atomic E-state index is 6.04. The van der Waals surface area contributed by atoms with Crippen molar-refractivity contribution < 1.29 is 0 Å². The monoisotopic (exact) mass is 275 g/mol. The smallest absolute Gasteiger partial charge is 0.131 e. The van der Waals surface area contributed by atoms with Gasteiger partial charge in [-0.15, -0.1) is 0 Å². The predicted molar refractivity (Wildman–Crippen MR) is 82.1 cm³/mol. The normalized spacial score (nSPS) is 12.0. The Morgan fingerprint density at radius 1 is 1.21 bits per heavy atom. The summed E-state index contributed by atoms with van der Waals surface area (Å²) in [5.41, 5.74) is 1.17. The molecule has 0 bridgehead atoms. The van der Waals surface area contributed by atoms with Crippen molar-refractivity contribution in [3.05, 3.63) is 53.1 Å². The van der Waals surface area contributed by atoms with E-state index in [9.17, 15) is 0 Å². The van der Waals surface area contributed by atoms with Crippen LogP contribution < -0.4 is 10.2 Å². The van der Waals surface area contributed by atoms with Gasteiger partial charge in [0.2, 0.25) is 0 Å². The second kappa shape index (κ2) is 5.93. The molecule has 3 nitrogen and oxygen atoms in total.